The number of aromatic nitrogens is 2. The molecule has 2 unspecified atom stereocenters. The topological polar surface area (TPSA) is 73.5 Å². The average molecular weight is 252 g/mol. The van der Waals surface area contributed by atoms with Gasteiger partial charge in [0.05, 0.1) is 0 Å². The van der Waals surface area contributed by atoms with Crippen LogP contribution in [0.25, 0.3) is 0 Å². The molecule has 1 aliphatic heterocycles. The van der Waals surface area contributed by atoms with E-state index in [1.807, 2.05) is 12.4 Å². The Kier molecular flexibility index (Phi) is 4.46. The van der Waals surface area contributed by atoms with Gasteiger partial charge >= 0.3 is 0 Å². The predicted octanol–water partition coefficient (Wildman–Crippen LogP) is -0.172. The molecule has 18 heavy (non-hydrogen) atoms. The van der Waals surface area contributed by atoms with E-state index in [1.54, 1.807) is 14.2 Å². The fourth-order valence-electron chi connectivity index (χ4n) is 2.17. The van der Waals surface area contributed by atoms with Crippen molar-refractivity contribution in [3.63, 3.8) is 0 Å². The third-order valence-corrected chi connectivity index (χ3v) is 3.23. The van der Waals surface area contributed by atoms with Crippen LogP contribution in [0.5, 0.6) is 0 Å². The van der Waals surface area contributed by atoms with Crippen LogP contribution in [0.2, 0.25) is 0 Å². The van der Waals surface area contributed by atoms with E-state index in [0.29, 0.717) is 6.54 Å². The SMILES string of the molecule is COC1CN(c2ncc(CCN)cn2)CC1OC. The Labute approximate surface area is 107 Å². The van der Waals surface area contributed by atoms with Crippen LogP contribution in [-0.2, 0) is 15.9 Å². The first-order valence-electron chi connectivity index (χ1n) is 6.10. The van der Waals surface area contributed by atoms with E-state index < -0.39 is 0 Å². The summed E-state index contributed by atoms with van der Waals surface area (Å²) in [5.74, 6) is 0.720. The van der Waals surface area contributed by atoms with Crippen molar-refractivity contribution in [2.24, 2.45) is 5.73 Å². The van der Waals surface area contributed by atoms with Gasteiger partial charge in [-0.3, -0.25) is 0 Å². The summed E-state index contributed by atoms with van der Waals surface area (Å²) in [5.41, 5.74) is 6.56. The molecule has 1 aromatic rings. The third-order valence-electron chi connectivity index (χ3n) is 3.23. The maximum atomic E-state index is 5.49. The predicted molar refractivity (Wildman–Crippen MR) is 68.6 cm³/mol. The standard InChI is InChI=1S/C12H20N4O2/c1-17-10-7-16(8-11(10)18-2)12-14-5-9(3-4-13)6-15-12/h5-6,10-11H,3-4,7-8,13H2,1-2H3. The molecule has 100 valence electrons. The summed E-state index contributed by atoms with van der Waals surface area (Å²) >= 11 is 0. The van der Waals surface area contributed by atoms with Crippen LogP contribution >= 0.6 is 0 Å². The molecular weight excluding hydrogens is 232 g/mol. The lowest BCUT2D eigenvalue weighted by Gasteiger charge is -2.15. The molecule has 0 aromatic carbocycles. The molecule has 6 nitrogen and oxygen atoms in total. The highest BCUT2D eigenvalue weighted by atomic mass is 16.5. The number of nitrogens with two attached hydrogens (primary N) is 1. The Morgan fingerprint density at radius 3 is 2.22 bits per heavy atom. The molecule has 0 saturated carbocycles. The summed E-state index contributed by atoms with van der Waals surface area (Å²) in [5, 5.41) is 0. The summed E-state index contributed by atoms with van der Waals surface area (Å²) in [6.45, 7) is 2.13. The summed E-state index contributed by atoms with van der Waals surface area (Å²) in [6.07, 6.45) is 4.61. The van der Waals surface area contributed by atoms with E-state index in [1.165, 1.54) is 0 Å². The van der Waals surface area contributed by atoms with Gasteiger partial charge in [-0.25, -0.2) is 9.97 Å². The minimum atomic E-state index is 0.0716. The smallest absolute Gasteiger partial charge is 0.225 e. The van der Waals surface area contributed by atoms with Crippen LogP contribution < -0.4 is 10.6 Å². The normalized spacial score (nSPS) is 23.6. The van der Waals surface area contributed by atoms with Gasteiger partial charge in [0.25, 0.3) is 0 Å². The van der Waals surface area contributed by atoms with Gasteiger partial charge in [-0.1, -0.05) is 0 Å². The second kappa shape index (κ2) is 6.08. The largest absolute Gasteiger partial charge is 0.377 e. The fourth-order valence-corrected chi connectivity index (χ4v) is 2.17. The minimum absolute atomic E-state index is 0.0716. The molecule has 2 heterocycles. The van der Waals surface area contributed by atoms with Crippen LogP contribution in [0.4, 0.5) is 5.95 Å². The number of anilines is 1. The van der Waals surface area contributed by atoms with Gasteiger partial charge in [-0.2, -0.15) is 0 Å². The number of hydrogen-bond donors (Lipinski definition) is 1. The number of nitrogens with zero attached hydrogens (tertiary/aromatic N) is 3. The molecule has 0 radical (unpaired) electrons. The average Bonchev–Trinajstić information content (AvgIpc) is 2.83. The number of methoxy groups -OCH3 is 2. The maximum Gasteiger partial charge on any atom is 0.225 e. The number of hydrogen-bond acceptors (Lipinski definition) is 6. The van der Waals surface area contributed by atoms with Gasteiger partial charge < -0.3 is 20.1 Å². The zero-order valence-corrected chi connectivity index (χ0v) is 10.9. The van der Waals surface area contributed by atoms with Gasteiger partial charge in [0.15, 0.2) is 0 Å². The van der Waals surface area contributed by atoms with E-state index in [2.05, 4.69) is 14.9 Å². The van der Waals surface area contributed by atoms with Crippen molar-refractivity contribution in [1.29, 1.82) is 0 Å². The molecule has 2 N–H and O–H groups in total. The highest BCUT2D eigenvalue weighted by Crippen LogP contribution is 2.19. The van der Waals surface area contributed by atoms with Gasteiger partial charge in [-0.15, -0.1) is 0 Å². The summed E-state index contributed by atoms with van der Waals surface area (Å²) in [7, 11) is 3.40. The van der Waals surface area contributed by atoms with Gasteiger partial charge in [0.1, 0.15) is 12.2 Å². The molecule has 1 aliphatic rings. The van der Waals surface area contributed by atoms with Crippen LogP contribution in [0.3, 0.4) is 0 Å². The second-order valence-electron chi connectivity index (χ2n) is 4.38. The molecule has 6 heteroatoms. The van der Waals surface area contributed by atoms with Crippen molar-refractivity contribution in [1.82, 2.24) is 9.97 Å². The van der Waals surface area contributed by atoms with Crippen molar-refractivity contribution < 1.29 is 9.47 Å². The zero-order chi connectivity index (χ0) is 13.0. The van der Waals surface area contributed by atoms with E-state index >= 15 is 0 Å². The van der Waals surface area contributed by atoms with Crippen LogP contribution in [0, 0.1) is 0 Å². The van der Waals surface area contributed by atoms with E-state index in [4.69, 9.17) is 15.2 Å². The number of ether oxygens (including phenoxy) is 2. The summed E-state index contributed by atoms with van der Waals surface area (Å²) in [4.78, 5) is 10.8. The highest BCUT2D eigenvalue weighted by Gasteiger charge is 2.34. The lowest BCUT2D eigenvalue weighted by atomic mass is 10.2. The molecule has 0 aliphatic carbocycles. The Balaban J connectivity index is 2.04. The first-order chi connectivity index (χ1) is 8.78. The Morgan fingerprint density at radius 2 is 1.78 bits per heavy atom. The first-order valence-corrected chi connectivity index (χ1v) is 6.10. The monoisotopic (exact) mass is 252 g/mol. The molecular formula is C12H20N4O2. The van der Waals surface area contributed by atoms with Gasteiger partial charge in [-0.05, 0) is 18.5 Å². The Morgan fingerprint density at radius 1 is 1.22 bits per heavy atom. The van der Waals surface area contributed by atoms with Crippen LogP contribution in [0.1, 0.15) is 5.56 Å². The molecule has 0 amide bonds. The highest BCUT2D eigenvalue weighted by molar-refractivity contribution is 5.33. The molecule has 2 atom stereocenters. The molecule has 1 fully saturated rings. The Hall–Kier alpha value is -1.24. The van der Waals surface area contributed by atoms with Crippen LogP contribution in [-0.4, -0.2) is 56.0 Å². The minimum Gasteiger partial charge on any atom is -0.377 e. The van der Waals surface area contributed by atoms with E-state index in [0.717, 1.165) is 31.0 Å². The lowest BCUT2D eigenvalue weighted by molar-refractivity contribution is -0.00461. The van der Waals surface area contributed by atoms with E-state index in [-0.39, 0.29) is 12.2 Å². The molecule has 0 bridgehead atoms. The Bertz CT molecular complexity index is 359. The first kappa shape index (κ1) is 13.2. The maximum absolute atomic E-state index is 5.49. The lowest BCUT2D eigenvalue weighted by Crippen LogP contribution is -2.27. The van der Waals surface area contributed by atoms with Gasteiger partial charge in [0.2, 0.25) is 5.95 Å². The van der Waals surface area contributed by atoms with Crippen molar-refractivity contribution in [2.75, 3.05) is 38.8 Å². The van der Waals surface area contributed by atoms with Crippen molar-refractivity contribution in [3.05, 3.63) is 18.0 Å². The molecule has 2 rings (SSSR count). The van der Waals surface area contributed by atoms with Crippen molar-refractivity contribution in [2.45, 2.75) is 18.6 Å². The fraction of sp³-hybridized carbons (Fsp3) is 0.667. The van der Waals surface area contributed by atoms with E-state index in [9.17, 15) is 0 Å². The van der Waals surface area contributed by atoms with Crippen molar-refractivity contribution in [3.8, 4) is 0 Å². The molecule has 0 spiro atoms. The second-order valence-corrected chi connectivity index (χ2v) is 4.38. The zero-order valence-electron chi connectivity index (χ0n) is 10.9. The molecule has 1 aromatic heterocycles. The van der Waals surface area contributed by atoms with Gasteiger partial charge in [0, 0.05) is 39.7 Å². The molecule has 1 saturated heterocycles. The summed E-state index contributed by atoms with van der Waals surface area (Å²) in [6, 6.07) is 0. The van der Waals surface area contributed by atoms with Crippen LogP contribution in [0.15, 0.2) is 12.4 Å². The summed E-state index contributed by atoms with van der Waals surface area (Å²) < 4.78 is 10.8. The quantitative estimate of drug-likeness (QED) is 0.784. The third kappa shape index (κ3) is 2.77. The number of rotatable bonds is 5. The van der Waals surface area contributed by atoms with Crippen molar-refractivity contribution >= 4 is 5.95 Å².